The van der Waals surface area contributed by atoms with Crippen LogP contribution in [-0.2, 0) is 32.9 Å². The van der Waals surface area contributed by atoms with Crippen molar-refractivity contribution < 1.29 is 52.9 Å². The third-order valence-corrected chi connectivity index (χ3v) is 9.53. The molecule has 0 heterocycles. The molecule has 0 saturated carbocycles. The van der Waals surface area contributed by atoms with Gasteiger partial charge in [-0.05, 0) is 38.5 Å². The predicted octanol–water partition coefficient (Wildman–Crippen LogP) is 10.4. The molecule has 0 amide bonds. The summed E-state index contributed by atoms with van der Waals surface area (Å²) < 4.78 is 31.3. The van der Waals surface area contributed by atoms with Crippen molar-refractivity contribution in [1.29, 1.82) is 0 Å². The summed E-state index contributed by atoms with van der Waals surface area (Å²) in [6.45, 7) is 5.33. The number of rotatable bonds is 39. The van der Waals surface area contributed by atoms with Crippen molar-refractivity contribution in [3.63, 3.8) is 0 Å². The van der Waals surface area contributed by atoms with Gasteiger partial charge in [-0.2, -0.15) is 0 Å². The van der Waals surface area contributed by atoms with E-state index in [1.54, 1.807) is 0 Å². The minimum absolute atomic E-state index is 0.0519. The largest absolute Gasteiger partial charge is 0.469 e. The summed E-state index contributed by atoms with van der Waals surface area (Å²) in [5.74, 6) is -0.748. The van der Waals surface area contributed by atoms with Gasteiger partial charge in [-0.25, -0.2) is 4.57 Å². The van der Waals surface area contributed by atoms with Crippen LogP contribution in [-0.4, -0.2) is 77.2 Å². The lowest BCUT2D eigenvalue weighted by Gasteiger charge is -2.18. The van der Waals surface area contributed by atoms with Gasteiger partial charge in [0.2, 0.25) is 0 Å². The lowest BCUT2D eigenvalue weighted by atomic mass is 10.0. The second-order valence-electron chi connectivity index (χ2n) is 14.5. The zero-order valence-electron chi connectivity index (χ0n) is 34.7. The summed E-state index contributed by atoms with van der Waals surface area (Å²) in [5, 5.41) is 16.8. The second kappa shape index (κ2) is 42.8. The first-order valence-corrected chi connectivity index (χ1v) is 23.1. The molecule has 0 aromatic heterocycles. The average Bonchev–Trinajstić information content (AvgIpc) is 3.14. The van der Waals surface area contributed by atoms with Crippen molar-refractivity contribution in [1.82, 2.24) is 0 Å². The van der Waals surface area contributed by atoms with Crippen molar-refractivity contribution in [2.75, 3.05) is 33.0 Å². The maximum Gasteiger partial charge on any atom is 0.469 e. The Kier molecular flexibility index (Phi) is 43.4. The van der Waals surface area contributed by atoms with Crippen molar-refractivity contribution in [3.05, 3.63) is 12.2 Å². The van der Waals surface area contributed by atoms with Gasteiger partial charge in [-0.3, -0.25) is 14.1 Å². The number of aliphatic hydroxyl groups is 2. The highest BCUT2D eigenvalue weighted by molar-refractivity contribution is 7.46. The summed E-state index contributed by atoms with van der Waals surface area (Å²) in [7, 11) is -4.61. The number of hydrogen-bond acceptors (Lipinski definition) is 9. The number of phosphoric acid groups is 1. The lowest BCUT2D eigenvalue weighted by molar-refractivity contribution is -0.149. The van der Waals surface area contributed by atoms with E-state index in [4.69, 9.17) is 29.5 Å². The number of unbranched alkanes of at least 4 members (excludes halogenated alkanes) is 24. The van der Waals surface area contributed by atoms with Crippen LogP contribution in [0.5, 0.6) is 0 Å². The molecule has 2 atom stereocenters. The van der Waals surface area contributed by atoms with E-state index in [0.29, 0.717) is 13.0 Å². The molecule has 0 saturated heterocycles. The van der Waals surface area contributed by atoms with Gasteiger partial charge in [0.15, 0.2) is 0 Å². The summed E-state index contributed by atoms with van der Waals surface area (Å²) in [6.07, 6.45) is 36.9. The molecular formula is C42H83O11P. The van der Waals surface area contributed by atoms with Crippen LogP contribution < -0.4 is 0 Å². The Balaban J connectivity index is 0. The number of aliphatic hydroxyl groups excluding tert-OH is 2. The highest BCUT2D eigenvalue weighted by Crippen LogP contribution is 2.35. The molecule has 0 aliphatic carbocycles. The first-order valence-electron chi connectivity index (χ1n) is 21.6. The molecule has 12 heteroatoms. The Morgan fingerprint density at radius 1 is 0.593 bits per heavy atom. The summed E-state index contributed by atoms with van der Waals surface area (Å²) in [6, 6.07) is 0. The number of allylic oxidation sites excluding steroid dienone is 2. The maximum absolute atomic E-state index is 12.2. The third kappa shape index (κ3) is 48.7. The Morgan fingerprint density at radius 2 is 1.02 bits per heavy atom. The van der Waals surface area contributed by atoms with Crippen molar-refractivity contribution in [3.8, 4) is 0 Å². The Bertz CT molecular complexity index is 880. The molecule has 0 aliphatic heterocycles. The second-order valence-corrected chi connectivity index (χ2v) is 15.8. The van der Waals surface area contributed by atoms with Crippen molar-refractivity contribution in [2.24, 2.45) is 0 Å². The van der Waals surface area contributed by atoms with E-state index in [1.807, 2.05) is 0 Å². The zero-order valence-corrected chi connectivity index (χ0v) is 35.6. The Morgan fingerprint density at radius 3 is 1.44 bits per heavy atom. The van der Waals surface area contributed by atoms with Gasteiger partial charge < -0.3 is 34.2 Å². The minimum atomic E-state index is -4.61. The van der Waals surface area contributed by atoms with Crippen LogP contribution in [0, 0.1) is 0 Å². The molecule has 0 spiro atoms. The highest BCUT2D eigenvalue weighted by Gasteiger charge is 2.20. The standard InChI is InChI=1S/C37H73O7P.C5H10O4/c1-3-5-7-9-11-13-15-17-18-19-21-23-25-27-29-31-33-42-36(35-44-45(39,40)41)34-43-37(38)32-30-28-26-24-22-20-16-14-12-10-8-6-4-2;1-4(7)9-3-5(8)2-6/h17-18,36H,3-16,19-35H2,1-2H3,(H2,39,40,41);5-6,8H,2-3H2,1H3/b18-17-;. The quantitative estimate of drug-likeness (QED) is 0.0202. The van der Waals surface area contributed by atoms with Crippen LogP contribution in [0.15, 0.2) is 12.2 Å². The number of esters is 2. The van der Waals surface area contributed by atoms with Gasteiger partial charge in [0.25, 0.3) is 0 Å². The fraction of sp³-hybridized carbons (Fsp3) is 0.905. The normalized spacial score (nSPS) is 12.7. The van der Waals surface area contributed by atoms with E-state index in [-0.39, 0.29) is 32.4 Å². The third-order valence-electron chi connectivity index (χ3n) is 9.04. The molecule has 0 aliphatic rings. The average molecular weight is 795 g/mol. The van der Waals surface area contributed by atoms with Gasteiger partial charge in [0, 0.05) is 20.0 Å². The molecule has 11 nitrogen and oxygen atoms in total. The lowest BCUT2D eigenvalue weighted by Crippen LogP contribution is -2.27. The van der Waals surface area contributed by atoms with E-state index < -0.39 is 26.0 Å². The molecule has 0 rings (SSSR count). The van der Waals surface area contributed by atoms with Gasteiger partial charge in [0.1, 0.15) is 25.4 Å². The van der Waals surface area contributed by atoms with Gasteiger partial charge in [-0.1, -0.05) is 161 Å². The highest BCUT2D eigenvalue weighted by atomic mass is 31.2. The number of hydrogen-bond donors (Lipinski definition) is 4. The van der Waals surface area contributed by atoms with E-state index >= 15 is 0 Å². The SMILES string of the molecule is CC(=O)OCC(O)CO.CCCCCCCC/C=C\CCCCCCCCOC(COC(=O)CCCCCCCCCCCCCCC)COP(=O)(O)O. The monoisotopic (exact) mass is 795 g/mol. The van der Waals surface area contributed by atoms with Crippen LogP contribution >= 0.6 is 7.82 Å². The summed E-state index contributed by atoms with van der Waals surface area (Å²) in [4.78, 5) is 40.4. The fourth-order valence-electron chi connectivity index (χ4n) is 5.74. The van der Waals surface area contributed by atoms with Crippen LogP contribution in [0.4, 0.5) is 0 Å². The number of ether oxygens (including phenoxy) is 3. The fourth-order valence-corrected chi connectivity index (χ4v) is 6.10. The van der Waals surface area contributed by atoms with E-state index in [9.17, 15) is 14.2 Å². The van der Waals surface area contributed by atoms with Crippen LogP contribution in [0.2, 0.25) is 0 Å². The maximum atomic E-state index is 12.2. The smallest absolute Gasteiger partial charge is 0.463 e. The molecule has 4 N–H and O–H groups in total. The molecular weight excluding hydrogens is 711 g/mol. The molecule has 0 aromatic carbocycles. The Hall–Kier alpha value is -1.33. The first kappa shape index (κ1) is 54.8. The van der Waals surface area contributed by atoms with E-state index in [2.05, 4.69) is 35.3 Å². The summed E-state index contributed by atoms with van der Waals surface area (Å²) in [5.41, 5.74) is 0. The predicted molar refractivity (Wildman–Crippen MR) is 218 cm³/mol. The molecule has 0 aromatic rings. The van der Waals surface area contributed by atoms with Gasteiger partial charge >= 0.3 is 19.8 Å². The van der Waals surface area contributed by atoms with Crippen LogP contribution in [0.3, 0.4) is 0 Å². The molecule has 0 fully saturated rings. The van der Waals surface area contributed by atoms with Gasteiger partial charge in [0.05, 0.1) is 13.2 Å². The van der Waals surface area contributed by atoms with E-state index in [1.165, 1.54) is 135 Å². The van der Waals surface area contributed by atoms with Crippen molar-refractivity contribution >= 4 is 19.8 Å². The summed E-state index contributed by atoms with van der Waals surface area (Å²) >= 11 is 0. The van der Waals surface area contributed by atoms with E-state index in [0.717, 1.165) is 44.9 Å². The zero-order chi connectivity index (χ0) is 40.4. The van der Waals surface area contributed by atoms with Crippen LogP contribution in [0.25, 0.3) is 0 Å². The Labute approximate surface area is 330 Å². The molecule has 0 bridgehead atoms. The number of carbonyl (C=O) groups is 2. The molecule has 0 radical (unpaired) electrons. The number of carbonyl (C=O) groups excluding carboxylic acids is 2. The molecule has 54 heavy (non-hydrogen) atoms. The van der Waals surface area contributed by atoms with Crippen LogP contribution in [0.1, 0.15) is 201 Å². The van der Waals surface area contributed by atoms with Crippen molar-refractivity contribution in [2.45, 2.75) is 213 Å². The first-order chi connectivity index (χ1) is 26.1. The number of phosphoric ester groups is 1. The topological polar surface area (TPSA) is 169 Å². The molecule has 322 valence electrons. The van der Waals surface area contributed by atoms with Gasteiger partial charge in [-0.15, -0.1) is 0 Å². The molecule has 2 unspecified atom stereocenters. The minimum Gasteiger partial charge on any atom is -0.463 e.